The van der Waals surface area contributed by atoms with Crippen LogP contribution in [0.15, 0.2) is 0 Å². The third kappa shape index (κ3) is 2.08. The Kier molecular flexibility index (Phi) is 3.81. The van der Waals surface area contributed by atoms with Crippen molar-refractivity contribution in [2.24, 2.45) is 17.3 Å². The lowest BCUT2D eigenvalue weighted by atomic mass is 9.76. The molecule has 2 aliphatic carbocycles. The van der Waals surface area contributed by atoms with Gasteiger partial charge in [0.15, 0.2) is 0 Å². The fourth-order valence-electron chi connectivity index (χ4n) is 4.29. The normalized spacial score (nSPS) is 42.5. The molecule has 144 valence electrons. The number of halogens is 5. The highest BCUT2D eigenvalue weighted by molar-refractivity contribution is 5.76. The van der Waals surface area contributed by atoms with Gasteiger partial charge in [0.1, 0.15) is 6.10 Å². The first-order chi connectivity index (χ1) is 11.2. The lowest BCUT2D eigenvalue weighted by molar-refractivity contribution is -0.415. The molecule has 0 radical (unpaired) electrons. The van der Waals surface area contributed by atoms with Gasteiger partial charge in [0.05, 0.1) is 5.41 Å². The lowest BCUT2D eigenvalue weighted by Crippen LogP contribution is -2.67. The summed E-state index contributed by atoms with van der Waals surface area (Å²) in [7, 11) is 0. The van der Waals surface area contributed by atoms with Gasteiger partial charge in [-0.3, -0.25) is 4.79 Å². The van der Waals surface area contributed by atoms with Crippen LogP contribution in [0.1, 0.15) is 46.5 Å². The second kappa shape index (κ2) is 5.06. The Hall–Kier alpha value is -0.960. The minimum Gasteiger partial charge on any atom is -0.449 e. The van der Waals surface area contributed by atoms with Crippen LogP contribution in [0.5, 0.6) is 0 Å². The number of esters is 1. The second-order valence-electron chi connectivity index (χ2n) is 7.94. The van der Waals surface area contributed by atoms with E-state index in [1.54, 1.807) is 6.92 Å². The van der Waals surface area contributed by atoms with E-state index in [0.29, 0.717) is 6.42 Å². The van der Waals surface area contributed by atoms with Crippen LogP contribution in [-0.4, -0.2) is 40.7 Å². The Morgan fingerprint density at radius 2 is 1.88 bits per heavy atom. The van der Waals surface area contributed by atoms with Crippen LogP contribution < -0.4 is 0 Å². The highest BCUT2D eigenvalue weighted by Crippen LogP contribution is 2.69. The summed E-state index contributed by atoms with van der Waals surface area (Å²) >= 11 is 0. The average Bonchev–Trinajstić information content (AvgIpc) is 3.11. The van der Waals surface area contributed by atoms with E-state index in [9.17, 15) is 23.1 Å². The number of rotatable bonds is 3. The van der Waals surface area contributed by atoms with E-state index in [4.69, 9.17) is 4.74 Å². The van der Waals surface area contributed by atoms with Gasteiger partial charge in [-0.15, -0.1) is 0 Å². The molecule has 4 nitrogen and oxygen atoms in total. The third-order valence-corrected chi connectivity index (χ3v) is 6.23. The zero-order valence-corrected chi connectivity index (χ0v) is 14.1. The Balaban J connectivity index is 2.09. The lowest BCUT2D eigenvalue weighted by Gasteiger charge is -2.43. The van der Waals surface area contributed by atoms with Crippen LogP contribution in [0, 0.1) is 17.3 Å². The first-order valence-corrected chi connectivity index (χ1v) is 8.33. The van der Waals surface area contributed by atoms with Gasteiger partial charge in [-0.1, -0.05) is 6.92 Å². The first-order valence-electron chi connectivity index (χ1n) is 8.33. The van der Waals surface area contributed by atoms with Crippen molar-refractivity contribution in [1.29, 1.82) is 0 Å². The van der Waals surface area contributed by atoms with Crippen molar-refractivity contribution in [3.63, 3.8) is 0 Å². The monoisotopic (exact) mass is 372 g/mol. The molecule has 1 aliphatic heterocycles. The maximum atomic E-state index is 15.0. The predicted molar refractivity (Wildman–Crippen MR) is 74.6 cm³/mol. The van der Waals surface area contributed by atoms with E-state index in [2.05, 4.69) is 4.74 Å². The zero-order valence-electron chi connectivity index (χ0n) is 14.1. The molecule has 1 N–H and O–H groups in total. The molecule has 1 saturated heterocycles. The fourth-order valence-corrected chi connectivity index (χ4v) is 4.29. The minimum absolute atomic E-state index is 0.189. The van der Waals surface area contributed by atoms with Gasteiger partial charge in [-0.05, 0) is 45.4 Å². The van der Waals surface area contributed by atoms with Crippen molar-refractivity contribution in [2.75, 3.05) is 0 Å². The zero-order chi connectivity index (χ0) is 19.1. The van der Waals surface area contributed by atoms with Gasteiger partial charge in [-0.2, -0.15) is 22.0 Å². The van der Waals surface area contributed by atoms with Crippen molar-refractivity contribution in [2.45, 2.75) is 76.0 Å². The molecule has 0 amide bonds. The number of fused-ring (bicyclic) bond motifs is 5. The summed E-state index contributed by atoms with van der Waals surface area (Å²) in [6, 6.07) is 0. The van der Waals surface area contributed by atoms with E-state index in [1.807, 2.05) is 0 Å². The number of alkyl halides is 5. The standard InChI is InChI=1S/C16H21F5O4/c1-4-12(2,3)11(22)25-13-9-6-5-8(7-9)10(13)24-15(23,14(13,17)18)16(19,20)21/h8-10,23H,4-7H2,1-3H3. The molecule has 0 aromatic carbocycles. The third-order valence-electron chi connectivity index (χ3n) is 6.23. The molecule has 3 rings (SSSR count). The smallest absolute Gasteiger partial charge is 0.449 e. The molecule has 0 spiro atoms. The van der Waals surface area contributed by atoms with E-state index in [1.165, 1.54) is 13.8 Å². The largest absolute Gasteiger partial charge is 0.449 e. The first kappa shape index (κ1) is 18.8. The molecular weight excluding hydrogens is 351 g/mol. The predicted octanol–water partition coefficient (Wildman–Crippen LogP) is 3.42. The van der Waals surface area contributed by atoms with Crippen molar-refractivity contribution in [3.05, 3.63) is 0 Å². The molecule has 5 atom stereocenters. The number of hydrogen-bond acceptors (Lipinski definition) is 4. The van der Waals surface area contributed by atoms with Crippen molar-refractivity contribution < 1.29 is 41.3 Å². The van der Waals surface area contributed by atoms with E-state index < -0.39 is 52.8 Å². The Labute approximate surface area is 141 Å². The molecule has 3 aliphatic rings. The Morgan fingerprint density at radius 1 is 1.28 bits per heavy atom. The van der Waals surface area contributed by atoms with Crippen LogP contribution >= 0.6 is 0 Å². The number of ether oxygens (including phenoxy) is 2. The molecule has 9 heteroatoms. The summed E-state index contributed by atoms with van der Waals surface area (Å²) in [4.78, 5) is 12.4. The van der Waals surface area contributed by atoms with Gasteiger partial charge in [0.25, 0.3) is 0 Å². The summed E-state index contributed by atoms with van der Waals surface area (Å²) in [5.74, 6) is -12.1. The fraction of sp³-hybridized carbons (Fsp3) is 0.938. The maximum Gasteiger partial charge on any atom is 0.449 e. The van der Waals surface area contributed by atoms with Crippen LogP contribution in [0.2, 0.25) is 0 Å². The van der Waals surface area contributed by atoms with Crippen molar-refractivity contribution in [3.8, 4) is 0 Å². The summed E-state index contributed by atoms with van der Waals surface area (Å²) in [5, 5.41) is 9.77. The van der Waals surface area contributed by atoms with Gasteiger partial charge >= 0.3 is 23.9 Å². The van der Waals surface area contributed by atoms with E-state index in [-0.39, 0.29) is 19.3 Å². The quantitative estimate of drug-likeness (QED) is 0.609. The van der Waals surface area contributed by atoms with Gasteiger partial charge in [0, 0.05) is 5.92 Å². The Bertz CT molecular complexity index is 590. The molecule has 0 aromatic heterocycles. The molecule has 0 aromatic rings. The Morgan fingerprint density at radius 3 is 2.40 bits per heavy atom. The average molecular weight is 372 g/mol. The van der Waals surface area contributed by atoms with Crippen LogP contribution in [0.25, 0.3) is 0 Å². The van der Waals surface area contributed by atoms with Gasteiger partial charge in [-0.25, -0.2) is 0 Å². The SMILES string of the molecule is CCC(C)(C)C(=O)OC12C3CCC(C3)C1OC(O)(C(F)(F)F)C2(F)F. The summed E-state index contributed by atoms with van der Waals surface area (Å²) in [5.41, 5.74) is -3.93. The maximum absolute atomic E-state index is 15.0. The van der Waals surface area contributed by atoms with E-state index >= 15 is 8.78 Å². The summed E-state index contributed by atoms with van der Waals surface area (Å²) in [6.45, 7) is 4.59. The number of aliphatic hydroxyl groups is 1. The highest BCUT2D eigenvalue weighted by atomic mass is 19.4. The van der Waals surface area contributed by atoms with Crippen molar-refractivity contribution >= 4 is 5.97 Å². The minimum atomic E-state index is -5.72. The topological polar surface area (TPSA) is 55.8 Å². The molecule has 5 unspecified atom stereocenters. The second-order valence-corrected chi connectivity index (χ2v) is 7.94. The molecule has 1 heterocycles. The number of hydrogen-bond donors (Lipinski definition) is 1. The van der Waals surface area contributed by atoms with E-state index in [0.717, 1.165) is 0 Å². The molecule has 2 saturated carbocycles. The molecule has 25 heavy (non-hydrogen) atoms. The van der Waals surface area contributed by atoms with Crippen molar-refractivity contribution in [1.82, 2.24) is 0 Å². The van der Waals surface area contributed by atoms with Crippen LogP contribution in [-0.2, 0) is 14.3 Å². The van der Waals surface area contributed by atoms with Gasteiger partial charge < -0.3 is 14.6 Å². The number of carbonyl (C=O) groups is 1. The van der Waals surface area contributed by atoms with Crippen LogP contribution in [0.3, 0.4) is 0 Å². The summed E-state index contributed by atoms with van der Waals surface area (Å²) < 4.78 is 79.5. The van der Waals surface area contributed by atoms with Gasteiger partial charge in [0.2, 0.25) is 5.60 Å². The molecule has 3 fully saturated rings. The summed E-state index contributed by atoms with van der Waals surface area (Å²) in [6.07, 6.45) is -6.35. The highest BCUT2D eigenvalue weighted by Gasteiger charge is 2.91. The molecule has 2 bridgehead atoms. The molecular formula is C16H21F5O4. The van der Waals surface area contributed by atoms with Crippen LogP contribution in [0.4, 0.5) is 22.0 Å². The number of carbonyl (C=O) groups excluding carboxylic acids is 1.